The van der Waals surface area contributed by atoms with Gasteiger partial charge in [0.15, 0.2) is 0 Å². The summed E-state index contributed by atoms with van der Waals surface area (Å²) in [5, 5.41) is 9.28. The van der Waals surface area contributed by atoms with Gasteiger partial charge in [-0.2, -0.15) is 0 Å². The minimum absolute atomic E-state index is 0.131. The predicted molar refractivity (Wildman–Crippen MR) is 76.6 cm³/mol. The van der Waals surface area contributed by atoms with Crippen LogP contribution in [0.1, 0.15) is 52.4 Å². The van der Waals surface area contributed by atoms with Crippen molar-refractivity contribution in [1.29, 1.82) is 0 Å². The number of amides is 2. The summed E-state index contributed by atoms with van der Waals surface area (Å²) in [4.78, 5) is 27.3. The number of hydrogen-bond donors (Lipinski definition) is 1. The second-order valence-corrected chi connectivity index (χ2v) is 6.65. The van der Waals surface area contributed by atoms with Crippen LogP contribution in [0.25, 0.3) is 0 Å². The Balaban J connectivity index is 2.13. The molecule has 1 heterocycles. The first-order valence-electron chi connectivity index (χ1n) is 7.63. The first-order chi connectivity index (χ1) is 9.35. The Morgan fingerprint density at radius 1 is 1.15 bits per heavy atom. The fourth-order valence-corrected chi connectivity index (χ4v) is 3.44. The molecule has 5 heteroatoms. The predicted octanol–water partition coefficient (Wildman–Crippen LogP) is 2.56. The highest BCUT2D eigenvalue weighted by Gasteiger charge is 2.42. The number of rotatable bonds is 2. The zero-order valence-electron chi connectivity index (χ0n) is 12.8. The van der Waals surface area contributed by atoms with Crippen LogP contribution in [0.4, 0.5) is 4.79 Å². The number of carboxylic acids is 1. The van der Waals surface area contributed by atoms with Gasteiger partial charge in [0.1, 0.15) is 5.54 Å². The lowest BCUT2D eigenvalue weighted by atomic mass is 9.78. The normalized spacial score (nSPS) is 26.9. The van der Waals surface area contributed by atoms with Gasteiger partial charge in [-0.1, -0.05) is 12.8 Å². The smallest absolute Gasteiger partial charge is 0.329 e. The first-order valence-corrected chi connectivity index (χ1v) is 7.63. The van der Waals surface area contributed by atoms with Crippen molar-refractivity contribution in [3.05, 3.63) is 0 Å². The molecule has 114 valence electrons. The highest BCUT2D eigenvalue weighted by Crippen LogP contribution is 2.36. The molecule has 1 aliphatic carbocycles. The van der Waals surface area contributed by atoms with Crippen molar-refractivity contribution in [3.8, 4) is 0 Å². The van der Waals surface area contributed by atoms with E-state index in [0.29, 0.717) is 12.0 Å². The van der Waals surface area contributed by atoms with Gasteiger partial charge in [0, 0.05) is 19.6 Å². The van der Waals surface area contributed by atoms with Crippen molar-refractivity contribution in [2.24, 2.45) is 5.92 Å². The Kier molecular flexibility index (Phi) is 4.25. The highest BCUT2D eigenvalue weighted by atomic mass is 16.4. The number of carboxylic acid groups (broad SMARTS) is 1. The Bertz CT molecular complexity index is 393. The summed E-state index contributed by atoms with van der Waals surface area (Å²) in [6.45, 7) is 3.92. The molecule has 5 nitrogen and oxygen atoms in total. The topological polar surface area (TPSA) is 60.9 Å². The van der Waals surface area contributed by atoms with Gasteiger partial charge in [0.25, 0.3) is 0 Å². The Hall–Kier alpha value is -1.26. The molecule has 1 saturated heterocycles. The Morgan fingerprint density at radius 2 is 1.75 bits per heavy atom. The summed E-state index contributed by atoms with van der Waals surface area (Å²) >= 11 is 0. The molecule has 1 aliphatic heterocycles. The molecule has 2 aliphatic rings. The SMILES string of the molecule is CN(C(=O)N1CCC[C@H]2CCCC[C@H]21)C(C)(C)C(=O)O. The number of piperidine rings is 1. The number of nitrogens with zero attached hydrogens (tertiary/aromatic N) is 2. The van der Waals surface area contributed by atoms with E-state index in [1.54, 1.807) is 20.9 Å². The third-order valence-corrected chi connectivity index (χ3v) is 5.14. The van der Waals surface area contributed by atoms with Crippen molar-refractivity contribution in [3.63, 3.8) is 0 Å². The van der Waals surface area contributed by atoms with Crippen LogP contribution < -0.4 is 0 Å². The Morgan fingerprint density at radius 3 is 2.40 bits per heavy atom. The highest BCUT2D eigenvalue weighted by molar-refractivity contribution is 5.85. The van der Waals surface area contributed by atoms with Crippen molar-refractivity contribution in [2.75, 3.05) is 13.6 Å². The Labute approximate surface area is 120 Å². The maximum Gasteiger partial charge on any atom is 0.329 e. The molecule has 1 saturated carbocycles. The van der Waals surface area contributed by atoms with E-state index in [-0.39, 0.29) is 6.03 Å². The zero-order valence-corrected chi connectivity index (χ0v) is 12.8. The molecule has 0 aromatic heterocycles. The molecule has 0 aromatic rings. The second kappa shape index (κ2) is 5.62. The van der Waals surface area contributed by atoms with Gasteiger partial charge < -0.3 is 14.9 Å². The third-order valence-electron chi connectivity index (χ3n) is 5.14. The average Bonchev–Trinajstić information content (AvgIpc) is 2.44. The van der Waals surface area contributed by atoms with Crippen LogP contribution in [-0.2, 0) is 4.79 Å². The lowest BCUT2D eigenvalue weighted by molar-refractivity contribution is -0.147. The number of carbonyl (C=O) groups excluding carboxylic acids is 1. The summed E-state index contributed by atoms with van der Waals surface area (Å²) < 4.78 is 0. The van der Waals surface area contributed by atoms with Crippen molar-refractivity contribution < 1.29 is 14.7 Å². The largest absolute Gasteiger partial charge is 0.480 e. The minimum atomic E-state index is -1.17. The van der Waals surface area contributed by atoms with Crippen LogP contribution in [-0.4, -0.2) is 52.1 Å². The van der Waals surface area contributed by atoms with Gasteiger partial charge in [0.05, 0.1) is 0 Å². The van der Waals surface area contributed by atoms with Crippen LogP contribution >= 0.6 is 0 Å². The van der Waals surface area contributed by atoms with Crippen LogP contribution in [0.5, 0.6) is 0 Å². The van der Waals surface area contributed by atoms with Crippen molar-refractivity contribution >= 4 is 12.0 Å². The number of carbonyl (C=O) groups is 2. The van der Waals surface area contributed by atoms with E-state index >= 15 is 0 Å². The number of likely N-dealkylation sites (N-methyl/N-ethyl adjacent to an activating group) is 1. The van der Waals surface area contributed by atoms with Gasteiger partial charge in [0.2, 0.25) is 0 Å². The van der Waals surface area contributed by atoms with Crippen LogP contribution in [0, 0.1) is 5.92 Å². The number of likely N-dealkylation sites (tertiary alicyclic amines) is 1. The summed E-state index contributed by atoms with van der Waals surface area (Å²) in [7, 11) is 1.60. The van der Waals surface area contributed by atoms with Gasteiger partial charge in [-0.15, -0.1) is 0 Å². The van der Waals surface area contributed by atoms with Gasteiger partial charge >= 0.3 is 12.0 Å². The lowest BCUT2D eigenvalue weighted by Gasteiger charge is -2.46. The van der Waals surface area contributed by atoms with E-state index in [9.17, 15) is 14.7 Å². The van der Waals surface area contributed by atoms with Crippen LogP contribution in [0.2, 0.25) is 0 Å². The van der Waals surface area contributed by atoms with Crippen molar-refractivity contribution in [2.45, 2.75) is 64.0 Å². The molecule has 0 aromatic carbocycles. The summed E-state index contributed by atoms with van der Waals surface area (Å²) in [6.07, 6.45) is 6.96. The lowest BCUT2D eigenvalue weighted by Crippen LogP contribution is -2.59. The van der Waals surface area contributed by atoms with Gasteiger partial charge in [-0.25, -0.2) is 9.59 Å². The molecule has 0 bridgehead atoms. The average molecular weight is 282 g/mol. The van der Waals surface area contributed by atoms with Gasteiger partial charge in [-0.3, -0.25) is 0 Å². The summed E-state index contributed by atoms with van der Waals surface area (Å²) in [5.41, 5.74) is -1.17. The molecular weight excluding hydrogens is 256 g/mol. The molecular formula is C15H26N2O3. The second-order valence-electron chi connectivity index (χ2n) is 6.65. The van der Waals surface area contributed by atoms with Crippen molar-refractivity contribution in [1.82, 2.24) is 9.80 Å². The molecule has 2 fully saturated rings. The van der Waals surface area contributed by atoms with E-state index in [4.69, 9.17) is 0 Å². The first kappa shape index (κ1) is 15.1. The molecule has 0 radical (unpaired) electrons. The fraction of sp³-hybridized carbons (Fsp3) is 0.867. The maximum atomic E-state index is 12.7. The summed E-state index contributed by atoms with van der Waals surface area (Å²) in [5.74, 6) is -0.353. The molecule has 2 amide bonds. The molecule has 1 N–H and O–H groups in total. The molecule has 2 rings (SSSR count). The van der Waals surface area contributed by atoms with E-state index in [0.717, 1.165) is 19.4 Å². The third kappa shape index (κ3) is 2.63. The quantitative estimate of drug-likeness (QED) is 0.846. The van der Waals surface area contributed by atoms with Crippen LogP contribution in [0.15, 0.2) is 0 Å². The monoisotopic (exact) mass is 282 g/mol. The maximum absolute atomic E-state index is 12.7. The number of fused-ring (bicyclic) bond motifs is 1. The molecule has 20 heavy (non-hydrogen) atoms. The number of hydrogen-bond acceptors (Lipinski definition) is 2. The van der Waals surface area contributed by atoms with Gasteiger partial charge in [-0.05, 0) is 45.4 Å². The van der Waals surface area contributed by atoms with E-state index in [1.165, 1.54) is 30.6 Å². The molecule has 2 atom stereocenters. The van der Waals surface area contributed by atoms with Crippen LogP contribution in [0.3, 0.4) is 0 Å². The molecule has 0 unspecified atom stereocenters. The number of urea groups is 1. The fourth-order valence-electron chi connectivity index (χ4n) is 3.44. The van der Waals surface area contributed by atoms with E-state index < -0.39 is 11.5 Å². The van der Waals surface area contributed by atoms with E-state index in [1.807, 2.05) is 4.90 Å². The minimum Gasteiger partial charge on any atom is -0.480 e. The number of aliphatic carboxylic acids is 1. The van der Waals surface area contributed by atoms with E-state index in [2.05, 4.69) is 0 Å². The summed E-state index contributed by atoms with van der Waals surface area (Å²) in [6, 6.07) is 0.186. The standard InChI is InChI=1S/C15H26N2O3/c1-15(2,13(18)19)16(3)14(20)17-10-6-8-11-7-4-5-9-12(11)17/h11-12H,4-10H2,1-3H3,(H,18,19)/t11-,12-/m1/s1. The zero-order chi connectivity index (χ0) is 14.9. The molecule has 0 spiro atoms.